The fourth-order valence-electron chi connectivity index (χ4n) is 4.27. The van der Waals surface area contributed by atoms with Crippen molar-refractivity contribution in [3.05, 3.63) is 64.6 Å². The van der Waals surface area contributed by atoms with Crippen molar-refractivity contribution in [1.29, 1.82) is 0 Å². The zero-order valence-electron chi connectivity index (χ0n) is 16.5. The lowest BCUT2D eigenvalue weighted by atomic mass is 10.0. The lowest BCUT2D eigenvalue weighted by Crippen LogP contribution is -2.32. The minimum absolute atomic E-state index is 0.773. The molecule has 0 unspecified atom stereocenters. The van der Waals surface area contributed by atoms with Gasteiger partial charge in [0.05, 0.1) is 0 Å². The smallest absolute Gasteiger partial charge is 0.0486 e. The highest BCUT2D eigenvalue weighted by atomic mass is 15.1. The third-order valence-corrected chi connectivity index (χ3v) is 5.76. The summed E-state index contributed by atoms with van der Waals surface area (Å²) in [4.78, 5) is 7.01. The van der Waals surface area contributed by atoms with Crippen LogP contribution in [0, 0.1) is 13.8 Å². The SMILES string of the molecule is Cc1ccc2c(c1)c1c(n2CCc2ccc(C)nc2)CCN(CCCN)C1. The molecule has 0 bridgehead atoms. The quantitative estimate of drug-likeness (QED) is 0.729. The first-order valence-corrected chi connectivity index (χ1v) is 10.1. The fourth-order valence-corrected chi connectivity index (χ4v) is 4.27. The molecule has 0 saturated heterocycles. The van der Waals surface area contributed by atoms with Crippen LogP contribution >= 0.6 is 0 Å². The van der Waals surface area contributed by atoms with Crippen LogP contribution < -0.4 is 5.73 Å². The van der Waals surface area contributed by atoms with Crippen LogP contribution in [-0.4, -0.2) is 34.1 Å². The number of hydrogen-bond donors (Lipinski definition) is 1. The average molecular weight is 363 g/mol. The lowest BCUT2D eigenvalue weighted by molar-refractivity contribution is 0.250. The van der Waals surface area contributed by atoms with Gasteiger partial charge in [0.15, 0.2) is 0 Å². The highest BCUT2D eigenvalue weighted by Gasteiger charge is 2.23. The topological polar surface area (TPSA) is 47.1 Å². The van der Waals surface area contributed by atoms with E-state index in [9.17, 15) is 0 Å². The molecular formula is C23H30N4. The van der Waals surface area contributed by atoms with Crippen molar-refractivity contribution in [3.8, 4) is 0 Å². The second-order valence-corrected chi connectivity index (χ2v) is 7.82. The summed E-state index contributed by atoms with van der Waals surface area (Å²) in [6.07, 6.45) is 5.24. The molecular weight excluding hydrogens is 332 g/mol. The van der Waals surface area contributed by atoms with Crippen LogP contribution in [-0.2, 0) is 25.9 Å². The van der Waals surface area contributed by atoms with Crippen LogP contribution in [0.5, 0.6) is 0 Å². The van der Waals surface area contributed by atoms with Gasteiger partial charge in [-0.15, -0.1) is 0 Å². The fraction of sp³-hybridized carbons (Fsp3) is 0.435. The molecule has 0 aliphatic carbocycles. The van der Waals surface area contributed by atoms with Crippen LogP contribution in [0.3, 0.4) is 0 Å². The number of pyridine rings is 1. The molecule has 4 nitrogen and oxygen atoms in total. The molecule has 1 aliphatic rings. The van der Waals surface area contributed by atoms with Crippen molar-refractivity contribution in [3.63, 3.8) is 0 Å². The standard InChI is InChI=1S/C23H30N4/c1-17-4-7-22-20(14-17)21-16-26(11-3-10-24)12-9-23(21)27(22)13-8-19-6-5-18(2)25-15-19/h4-7,14-15H,3,8-13,16,24H2,1-2H3. The van der Waals surface area contributed by atoms with Crippen LogP contribution in [0.25, 0.3) is 10.9 Å². The number of hydrogen-bond acceptors (Lipinski definition) is 3. The molecule has 0 atom stereocenters. The molecule has 4 heteroatoms. The molecule has 4 rings (SSSR count). The minimum atomic E-state index is 0.773. The Labute approximate surface area is 162 Å². The van der Waals surface area contributed by atoms with Crippen LogP contribution in [0.2, 0.25) is 0 Å². The molecule has 0 fully saturated rings. The average Bonchev–Trinajstić information content (AvgIpc) is 2.98. The molecule has 0 spiro atoms. The molecule has 27 heavy (non-hydrogen) atoms. The number of aryl methyl sites for hydroxylation is 4. The Morgan fingerprint density at radius 1 is 1.11 bits per heavy atom. The van der Waals surface area contributed by atoms with Gasteiger partial charge in [0.2, 0.25) is 0 Å². The predicted octanol–water partition coefficient (Wildman–Crippen LogP) is 3.60. The van der Waals surface area contributed by atoms with Crippen molar-refractivity contribution in [2.75, 3.05) is 19.6 Å². The van der Waals surface area contributed by atoms with Gasteiger partial charge in [0.1, 0.15) is 0 Å². The van der Waals surface area contributed by atoms with E-state index in [4.69, 9.17) is 5.73 Å². The molecule has 0 saturated carbocycles. The monoisotopic (exact) mass is 362 g/mol. The maximum Gasteiger partial charge on any atom is 0.0486 e. The van der Waals surface area contributed by atoms with Crippen molar-refractivity contribution in [2.45, 2.75) is 46.2 Å². The van der Waals surface area contributed by atoms with Crippen LogP contribution in [0.1, 0.15) is 34.5 Å². The van der Waals surface area contributed by atoms with Gasteiger partial charge in [-0.3, -0.25) is 9.88 Å². The molecule has 3 aromatic rings. The third-order valence-electron chi connectivity index (χ3n) is 5.76. The van der Waals surface area contributed by atoms with Crippen LogP contribution in [0.15, 0.2) is 36.5 Å². The number of aromatic nitrogens is 2. The van der Waals surface area contributed by atoms with Crippen molar-refractivity contribution in [2.24, 2.45) is 5.73 Å². The summed E-state index contributed by atoms with van der Waals surface area (Å²) in [6.45, 7) is 9.30. The van der Waals surface area contributed by atoms with E-state index < -0.39 is 0 Å². The van der Waals surface area contributed by atoms with E-state index in [1.807, 2.05) is 13.1 Å². The number of nitrogens with zero attached hydrogens (tertiary/aromatic N) is 3. The molecule has 2 aromatic heterocycles. The highest BCUT2D eigenvalue weighted by molar-refractivity contribution is 5.86. The van der Waals surface area contributed by atoms with Gasteiger partial charge in [-0.2, -0.15) is 0 Å². The van der Waals surface area contributed by atoms with E-state index in [-0.39, 0.29) is 0 Å². The van der Waals surface area contributed by atoms with Gasteiger partial charge in [-0.25, -0.2) is 0 Å². The molecule has 2 N–H and O–H groups in total. The molecule has 0 radical (unpaired) electrons. The van der Waals surface area contributed by atoms with E-state index in [1.165, 1.54) is 33.3 Å². The number of nitrogens with two attached hydrogens (primary N) is 1. The first kappa shape index (κ1) is 18.2. The maximum absolute atomic E-state index is 5.72. The Kier molecular flexibility index (Phi) is 5.28. The highest BCUT2D eigenvalue weighted by Crippen LogP contribution is 2.32. The Morgan fingerprint density at radius 2 is 2.00 bits per heavy atom. The third kappa shape index (κ3) is 3.78. The zero-order valence-corrected chi connectivity index (χ0v) is 16.5. The van der Waals surface area contributed by atoms with Crippen molar-refractivity contribution < 1.29 is 0 Å². The van der Waals surface area contributed by atoms with Crippen LogP contribution in [0.4, 0.5) is 0 Å². The van der Waals surface area contributed by atoms with E-state index in [0.717, 1.165) is 57.7 Å². The van der Waals surface area contributed by atoms with Gasteiger partial charge in [-0.1, -0.05) is 17.7 Å². The predicted molar refractivity (Wildman–Crippen MR) is 112 cm³/mol. The first-order valence-electron chi connectivity index (χ1n) is 10.1. The molecule has 3 heterocycles. The Hall–Kier alpha value is -2.17. The Morgan fingerprint density at radius 3 is 2.78 bits per heavy atom. The second kappa shape index (κ2) is 7.83. The molecule has 1 aromatic carbocycles. The largest absolute Gasteiger partial charge is 0.344 e. The summed E-state index contributed by atoms with van der Waals surface area (Å²) in [5.74, 6) is 0. The summed E-state index contributed by atoms with van der Waals surface area (Å²) in [5.41, 5.74) is 13.9. The van der Waals surface area contributed by atoms with Gasteiger partial charge in [-0.05, 0) is 69.1 Å². The van der Waals surface area contributed by atoms with E-state index in [1.54, 1.807) is 0 Å². The van der Waals surface area contributed by atoms with Gasteiger partial charge in [0.25, 0.3) is 0 Å². The number of benzene rings is 1. The van der Waals surface area contributed by atoms with Crippen molar-refractivity contribution >= 4 is 10.9 Å². The zero-order chi connectivity index (χ0) is 18.8. The van der Waals surface area contributed by atoms with E-state index in [0.29, 0.717) is 0 Å². The summed E-state index contributed by atoms with van der Waals surface area (Å²) in [7, 11) is 0. The van der Waals surface area contributed by atoms with Gasteiger partial charge >= 0.3 is 0 Å². The summed E-state index contributed by atoms with van der Waals surface area (Å²) in [6, 6.07) is 11.2. The van der Waals surface area contributed by atoms with E-state index >= 15 is 0 Å². The minimum Gasteiger partial charge on any atom is -0.344 e. The second-order valence-electron chi connectivity index (χ2n) is 7.82. The summed E-state index contributed by atoms with van der Waals surface area (Å²) < 4.78 is 2.56. The molecule has 0 amide bonds. The first-order chi connectivity index (χ1) is 13.2. The summed E-state index contributed by atoms with van der Waals surface area (Å²) >= 11 is 0. The number of fused-ring (bicyclic) bond motifs is 3. The lowest BCUT2D eigenvalue weighted by Gasteiger charge is -2.28. The van der Waals surface area contributed by atoms with Gasteiger partial charge in [0, 0.05) is 54.5 Å². The van der Waals surface area contributed by atoms with Gasteiger partial charge < -0.3 is 10.3 Å². The maximum atomic E-state index is 5.72. The Balaban J connectivity index is 1.65. The number of rotatable bonds is 6. The molecule has 1 aliphatic heterocycles. The normalized spacial score (nSPS) is 14.6. The molecule has 142 valence electrons. The van der Waals surface area contributed by atoms with Crippen molar-refractivity contribution in [1.82, 2.24) is 14.5 Å². The van der Waals surface area contributed by atoms with E-state index in [2.05, 4.69) is 51.7 Å². The summed E-state index contributed by atoms with van der Waals surface area (Å²) in [5, 5.41) is 1.43. The Bertz CT molecular complexity index is 924.